The summed E-state index contributed by atoms with van der Waals surface area (Å²) >= 11 is 1.66. The third-order valence-electron chi connectivity index (χ3n) is 7.73. The highest BCUT2D eigenvalue weighted by Crippen LogP contribution is 2.43. The van der Waals surface area contributed by atoms with Crippen molar-refractivity contribution in [1.82, 2.24) is 15.6 Å². The Bertz CT molecular complexity index is 1590. The minimum atomic E-state index is -0.596. The quantitative estimate of drug-likeness (QED) is 0.124. The van der Waals surface area contributed by atoms with Crippen molar-refractivity contribution in [3.05, 3.63) is 119 Å². The zero-order valence-electron chi connectivity index (χ0n) is 25.9. The lowest BCUT2D eigenvalue weighted by molar-refractivity contribution is -0.268. The summed E-state index contributed by atoms with van der Waals surface area (Å²) in [5.41, 5.74) is 5.66. The smallest absolute Gasteiger partial charge is 0.325 e. The van der Waals surface area contributed by atoms with Gasteiger partial charge in [-0.3, -0.25) is 4.79 Å². The molecule has 0 saturated carbocycles. The number of hydrogen-bond acceptors (Lipinski definition) is 8. The van der Waals surface area contributed by atoms with Gasteiger partial charge in [-0.15, -0.1) is 11.8 Å². The number of aromatic nitrogens is 1. The van der Waals surface area contributed by atoms with E-state index in [-0.39, 0.29) is 37.9 Å². The molecule has 2 heterocycles. The number of ether oxygens (including phenoxy) is 3. The molecule has 3 aromatic carbocycles. The Hall–Kier alpha value is -4.22. The molecule has 10 heteroatoms. The highest BCUT2D eigenvalue weighted by atomic mass is 32.2. The number of aliphatic hydroxyl groups is 1. The first kappa shape index (κ1) is 33.2. The van der Waals surface area contributed by atoms with E-state index in [1.807, 2.05) is 84.9 Å². The zero-order valence-corrected chi connectivity index (χ0v) is 26.7. The van der Waals surface area contributed by atoms with E-state index in [4.69, 9.17) is 14.2 Å². The topological polar surface area (TPSA) is 119 Å². The average molecular weight is 642 g/mol. The normalized spacial score (nSPS) is 19.3. The molecule has 1 aromatic heterocycles. The molecular weight excluding hydrogens is 602 g/mol. The second-order valence-corrected chi connectivity index (χ2v) is 12.0. The van der Waals surface area contributed by atoms with Gasteiger partial charge in [0.25, 0.3) is 0 Å². The lowest BCUT2D eigenvalue weighted by atomic mass is 9.91. The molecule has 4 atom stereocenters. The maximum atomic E-state index is 12.2. The summed E-state index contributed by atoms with van der Waals surface area (Å²) < 4.78 is 18.1. The molecular formula is C36H39N3O6S. The lowest BCUT2D eigenvalue weighted by Crippen LogP contribution is -2.38. The van der Waals surface area contributed by atoms with Crippen LogP contribution in [0.15, 0.2) is 102 Å². The van der Waals surface area contributed by atoms with Crippen LogP contribution < -0.4 is 10.6 Å². The first-order valence-corrected chi connectivity index (χ1v) is 16.3. The van der Waals surface area contributed by atoms with Gasteiger partial charge >= 0.3 is 12.0 Å². The second-order valence-electron chi connectivity index (χ2n) is 11.0. The Morgan fingerprint density at radius 1 is 0.891 bits per heavy atom. The van der Waals surface area contributed by atoms with Crippen molar-refractivity contribution in [2.75, 3.05) is 18.9 Å². The van der Waals surface area contributed by atoms with Gasteiger partial charge in [-0.25, -0.2) is 9.78 Å². The maximum Gasteiger partial charge on any atom is 0.325 e. The molecule has 9 nitrogen and oxygen atoms in total. The van der Waals surface area contributed by atoms with Crippen molar-refractivity contribution in [3.63, 3.8) is 0 Å². The minimum absolute atomic E-state index is 0.0107. The van der Waals surface area contributed by atoms with Crippen molar-refractivity contribution in [2.24, 2.45) is 5.92 Å². The van der Waals surface area contributed by atoms with Crippen LogP contribution in [0, 0.1) is 5.92 Å². The molecule has 1 fully saturated rings. The van der Waals surface area contributed by atoms with Crippen LogP contribution in [0.3, 0.4) is 0 Å². The number of thioether (sulfide) groups is 1. The summed E-state index contributed by atoms with van der Waals surface area (Å²) in [5, 5.41) is 15.8. The summed E-state index contributed by atoms with van der Waals surface area (Å²) in [4.78, 5) is 28.1. The van der Waals surface area contributed by atoms with Gasteiger partial charge in [0.1, 0.15) is 6.54 Å². The Labute approximate surface area is 273 Å². The number of carbonyl (C=O) groups excluding carboxylic acids is 2. The molecule has 46 heavy (non-hydrogen) atoms. The first-order chi connectivity index (χ1) is 22.4. The highest BCUT2D eigenvalue weighted by molar-refractivity contribution is 7.99. The molecule has 2 amide bonds. The number of hydrogen-bond donors (Lipinski definition) is 3. The van der Waals surface area contributed by atoms with E-state index in [0.29, 0.717) is 12.3 Å². The number of amides is 2. The van der Waals surface area contributed by atoms with Crippen LogP contribution >= 0.6 is 11.8 Å². The predicted octanol–water partition coefficient (Wildman–Crippen LogP) is 6.19. The van der Waals surface area contributed by atoms with Crippen molar-refractivity contribution in [1.29, 1.82) is 0 Å². The van der Waals surface area contributed by atoms with Crippen LogP contribution in [0.4, 0.5) is 4.79 Å². The van der Waals surface area contributed by atoms with Gasteiger partial charge < -0.3 is 30.0 Å². The molecule has 5 rings (SSSR count). The molecule has 0 radical (unpaired) electrons. The molecule has 3 N–H and O–H groups in total. The third kappa shape index (κ3) is 8.95. The van der Waals surface area contributed by atoms with Crippen LogP contribution in [0.2, 0.25) is 0 Å². The maximum absolute atomic E-state index is 12.2. The van der Waals surface area contributed by atoms with E-state index in [1.165, 1.54) is 0 Å². The number of urea groups is 1. The van der Waals surface area contributed by atoms with Crippen molar-refractivity contribution in [2.45, 2.75) is 50.5 Å². The number of benzene rings is 3. The van der Waals surface area contributed by atoms with Gasteiger partial charge in [-0.2, -0.15) is 0 Å². The summed E-state index contributed by atoms with van der Waals surface area (Å²) in [5.74, 6) is 0.296. The summed E-state index contributed by atoms with van der Waals surface area (Å²) in [7, 11) is 0. The monoisotopic (exact) mass is 641 g/mol. The molecule has 0 spiro atoms. The van der Waals surface area contributed by atoms with Gasteiger partial charge in [0.15, 0.2) is 6.29 Å². The van der Waals surface area contributed by atoms with Gasteiger partial charge in [-0.05, 0) is 59.0 Å². The van der Waals surface area contributed by atoms with Crippen molar-refractivity contribution < 1.29 is 28.9 Å². The SMILES string of the molecule is CCOC(=O)CNC(=O)NCc1cccc(-c2cccc([C@@H]3O[C@H](CSc4ccccn4)[C@H](C)[C@H](c4ccc(CO)cc4)O3)c2)c1. The van der Waals surface area contributed by atoms with E-state index in [2.05, 4.69) is 28.6 Å². The zero-order chi connectivity index (χ0) is 32.3. The van der Waals surface area contributed by atoms with Crippen molar-refractivity contribution >= 4 is 23.8 Å². The Morgan fingerprint density at radius 2 is 1.67 bits per heavy atom. The second kappa shape index (κ2) is 16.4. The first-order valence-electron chi connectivity index (χ1n) is 15.3. The molecule has 1 aliphatic rings. The minimum Gasteiger partial charge on any atom is -0.465 e. The average Bonchev–Trinajstić information content (AvgIpc) is 3.10. The molecule has 0 bridgehead atoms. The number of aliphatic hydroxyl groups excluding tert-OH is 1. The third-order valence-corrected chi connectivity index (χ3v) is 8.76. The summed E-state index contributed by atoms with van der Waals surface area (Å²) in [6.07, 6.45) is 0.874. The fraction of sp³-hybridized carbons (Fsp3) is 0.306. The Kier molecular flexibility index (Phi) is 11.8. The number of carbonyl (C=O) groups is 2. The van der Waals surface area contributed by atoms with Gasteiger partial charge in [-0.1, -0.05) is 73.7 Å². The van der Waals surface area contributed by atoms with E-state index >= 15 is 0 Å². The number of rotatable bonds is 12. The molecule has 0 unspecified atom stereocenters. The standard InChI is InChI=1S/C36H39N3O6S/c1-3-43-33(41)21-39-36(42)38-20-26-8-6-9-28(18-26)29-10-7-11-30(19-29)35-44-31(23-46-32-12-4-5-17-37-32)24(2)34(45-35)27-15-13-25(22-40)14-16-27/h4-19,24,31,34-35,40H,3,20-23H2,1-2H3,(H2,38,39,42)/t24-,31+,34+,35+/m0/s1. The van der Waals surface area contributed by atoms with Gasteiger partial charge in [0.2, 0.25) is 0 Å². The Morgan fingerprint density at radius 3 is 2.41 bits per heavy atom. The van der Waals surface area contributed by atoms with Crippen molar-refractivity contribution in [3.8, 4) is 11.1 Å². The number of nitrogens with zero attached hydrogens (tertiary/aromatic N) is 1. The predicted molar refractivity (Wildman–Crippen MR) is 177 cm³/mol. The van der Waals surface area contributed by atoms with E-state index in [0.717, 1.165) is 38.4 Å². The fourth-order valence-corrected chi connectivity index (χ4v) is 6.27. The van der Waals surface area contributed by atoms with E-state index in [1.54, 1.807) is 24.9 Å². The summed E-state index contributed by atoms with van der Waals surface area (Å²) in [6.45, 7) is 4.23. The number of pyridine rings is 1. The molecule has 0 aliphatic carbocycles. The van der Waals surface area contributed by atoms with Crippen LogP contribution in [0.1, 0.15) is 48.5 Å². The lowest BCUT2D eigenvalue weighted by Gasteiger charge is -2.41. The largest absolute Gasteiger partial charge is 0.465 e. The van der Waals surface area contributed by atoms with E-state index < -0.39 is 18.3 Å². The number of esters is 1. The number of nitrogens with one attached hydrogen (secondary N) is 2. The fourth-order valence-electron chi connectivity index (χ4n) is 5.24. The molecule has 1 aliphatic heterocycles. The van der Waals surface area contributed by atoms with Crippen LogP contribution in [-0.2, 0) is 32.2 Å². The molecule has 4 aromatic rings. The molecule has 1 saturated heterocycles. The van der Waals surface area contributed by atoms with Gasteiger partial charge in [0.05, 0.1) is 30.4 Å². The summed E-state index contributed by atoms with van der Waals surface area (Å²) in [6, 6.07) is 29.4. The Balaban J connectivity index is 1.32. The molecule has 240 valence electrons. The van der Waals surface area contributed by atoms with Gasteiger partial charge in [0, 0.05) is 30.0 Å². The van der Waals surface area contributed by atoms with Crippen LogP contribution in [0.5, 0.6) is 0 Å². The highest BCUT2D eigenvalue weighted by Gasteiger charge is 2.38. The van der Waals surface area contributed by atoms with E-state index in [9.17, 15) is 14.7 Å². The van der Waals surface area contributed by atoms with Crippen LogP contribution in [0.25, 0.3) is 11.1 Å². The van der Waals surface area contributed by atoms with Crippen LogP contribution in [-0.4, -0.2) is 47.1 Å².